The van der Waals surface area contributed by atoms with Gasteiger partial charge >= 0.3 is 12.0 Å². The van der Waals surface area contributed by atoms with Crippen LogP contribution in [0.2, 0.25) is 0 Å². The van der Waals surface area contributed by atoms with Gasteiger partial charge in [-0.2, -0.15) is 0 Å². The Balaban J connectivity index is 1.49. The average Bonchev–Trinajstić information content (AvgIpc) is 2.48. The molecule has 0 saturated carbocycles. The van der Waals surface area contributed by atoms with E-state index in [1.165, 1.54) is 0 Å². The van der Waals surface area contributed by atoms with Crippen LogP contribution >= 0.6 is 0 Å². The Morgan fingerprint density at radius 2 is 1.05 bits per heavy atom. The van der Waals surface area contributed by atoms with Gasteiger partial charge in [0.25, 0.3) is 0 Å². The third-order valence-electron chi connectivity index (χ3n) is 2.00. The van der Waals surface area contributed by atoms with E-state index in [0.717, 1.165) is 0 Å². The molecule has 100 valence electrons. The first-order valence-electron chi connectivity index (χ1n) is 5.82. The predicted octanol–water partition coefficient (Wildman–Crippen LogP) is 0.741. The SMILES string of the molecule is c1cnc(OCCOCCOc2ncccn2)nc1. The van der Waals surface area contributed by atoms with Gasteiger partial charge in [-0.25, -0.2) is 19.9 Å². The van der Waals surface area contributed by atoms with Crippen LogP contribution in [-0.4, -0.2) is 46.4 Å². The van der Waals surface area contributed by atoms with E-state index in [0.29, 0.717) is 38.4 Å². The smallest absolute Gasteiger partial charge is 0.316 e. The molecule has 0 aliphatic rings. The summed E-state index contributed by atoms with van der Waals surface area (Å²) in [5.74, 6) is 0. The summed E-state index contributed by atoms with van der Waals surface area (Å²) in [4.78, 5) is 15.7. The van der Waals surface area contributed by atoms with Crippen molar-refractivity contribution >= 4 is 0 Å². The Hall–Kier alpha value is -2.28. The van der Waals surface area contributed by atoms with E-state index >= 15 is 0 Å². The lowest BCUT2D eigenvalue weighted by atomic mass is 10.7. The zero-order chi connectivity index (χ0) is 13.2. The maximum atomic E-state index is 5.32. The normalized spacial score (nSPS) is 10.1. The van der Waals surface area contributed by atoms with Crippen LogP contribution in [0.4, 0.5) is 0 Å². The van der Waals surface area contributed by atoms with Gasteiger partial charge in [-0.3, -0.25) is 0 Å². The Morgan fingerprint density at radius 3 is 1.47 bits per heavy atom. The largest absolute Gasteiger partial charge is 0.461 e. The molecule has 7 nitrogen and oxygen atoms in total. The van der Waals surface area contributed by atoms with Crippen molar-refractivity contribution in [3.63, 3.8) is 0 Å². The first-order valence-corrected chi connectivity index (χ1v) is 5.82. The first kappa shape index (κ1) is 13.2. The predicted molar refractivity (Wildman–Crippen MR) is 65.9 cm³/mol. The molecule has 19 heavy (non-hydrogen) atoms. The van der Waals surface area contributed by atoms with Crippen LogP contribution in [0.15, 0.2) is 36.9 Å². The van der Waals surface area contributed by atoms with Crippen LogP contribution in [-0.2, 0) is 4.74 Å². The molecule has 0 spiro atoms. The van der Waals surface area contributed by atoms with Gasteiger partial charge < -0.3 is 14.2 Å². The standard InChI is InChI=1S/C12H14N4O3/c1-3-13-11(14-4-1)18-9-7-17-8-10-19-12-15-5-2-6-16-12/h1-6H,7-10H2. The minimum Gasteiger partial charge on any atom is -0.461 e. The van der Waals surface area contributed by atoms with E-state index in [1.807, 2.05) is 0 Å². The summed E-state index contributed by atoms with van der Waals surface area (Å²) in [6, 6.07) is 4.15. The molecule has 7 heteroatoms. The van der Waals surface area contributed by atoms with E-state index < -0.39 is 0 Å². The minimum absolute atomic E-state index is 0.347. The second-order valence-corrected chi connectivity index (χ2v) is 3.37. The number of hydrogen-bond acceptors (Lipinski definition) is 7. The van der Waals surface area contributed by atoms with Gasteiger partial charge in [0.2, 0.25) is 0 Å². The van der Waals surface area contributed by atoms with Gasteiger partial charge in [0.05, 0.1) is 13.2 Å². The van der Waals surface area contributed by atoms with E-state index in [-0.39, 0.29) is 0 Å². The molecule has 0 N–H and O–H groups in total. The summed E-state index contributed by atoms with van der Waals surface area (Å²) in [5.41, 5.74) is 0. The fraction of sp³-hybridized carbons (Fsp3) is 0.333. The zero-order valence-corrected chi connectivity index (χ0v) is 10.3. The summed E-state index contributed by atoms with van der Waals surface area (Å²) in [7, 11) is 0. The number of hydrogen-bond donors (Lipinski definition) is 0. The Bertz CT molecular complexity index is 412. The summed E-state index contributed by atoms with van der Waals surface area (Å²) in [6.45, 7) is 1.67. The highest BCUT2D eigenvalue weighted by atomic mass is 16.6. The highest BCUT2D eigenvalue weighted by Crippen LogP contribution is 1.98. The second kappa shape index (κ2) is 7.93. The quantitative estimate of drug-likeness (QED) is 0.649. The first-order chi connectivity index (χ1) is 9.45. The van der Waals surface area contributed by atoms with Crippen molar-refractivity contribution in [2.24, 2.45) is 0 Å². The number of aromatic nitrogens is 4. The molecular formula is C12H14N4O3. The van der Waals surface area contributed by atoms with Gasteiger partial charge in [-0.1, -0.05) is 0 Å². The molecule has 0 bridgehead atoms. The molecule has 0 aromatic carbocycles. The van der Waals surface area contributed by atoms with Crippen molar-refractivity contribution in [2.75, 3.05) is 26.4 Å². The maximum Gasteiger partial charge on any atom is 0.316 e. The number of rotatable bonds is 8. The van der Waals surface area contributed by atoms with Crippen LogP contribution in [0.3, 0.4) is 0 Å². The molecule has 2 aromatic rings. The van der Waals surface area contributed by atoms with Crippen LogP contribution < -0.4 is 9.47 Å². The molecule has 0 saturated heterocycles. The summed E-state index contributed by atoms with van der Waals surface area (Å²) in [6.07, 6.45) is 6.49. The van der Waals surface area contributed by atoms with E-state index in [1.54, 1.807) is 36.9 Å². The molecule has 0 unspecified atom stereocenters. The van der Waals surface area contributed by atoms with Gasteiger partial charge in [-0.15, -0.1) is 0 Å². The summed E-state index contributed by atoms with van der Waals surface area (Å²) in [5, 5.41) is 0. The van der Waals surface area contributed by atoms with Crippen LogP contribution in [0.25, 0.3) is 0 Å². The van der Waals surface area contributed by atoms with Crippen molar-refractivity contribution < 1.29 is 14.2 Å². The van der Waals surface area contributed by atoms with Crippen LogP contribution in [0.5, 0.6) is 12.0 Å². The van der Waals surface area contributed by atoms with Crippen molar-refractivity contribution in [3.05, 3.63) is 36.9 Å². The third kappa shape index (κ3) is 5.26. The maximum absolute atomic E-state index is 5.32. The Morgan fingerprint density at radius 1 is 0.632 bits per heavy atom. The molecule has 0 fully saturated rings. The van der Waals surface area contributed by atoms with E-state index in [2.05, 4.69) is 19.9 Å². The Kier molecular flexibility index (Phi) is 5.49. The third-order valence-corrected chi connectivity index (χ3v) is 2.00. The lowest BCUT2D eigenvalue weighted by Gasteiger charge is -2.06. The van der Waals surface area contributed by atoms with Gasteiger partial charge in [0.15, 0.2) is 0 Å². The van der Waals surface area contributed by atoms with E-state index in [4.69, 9.17) is 14.2 Å². The summed E-state index contributed by atoms with van der Waals surface area (Å²) >= 11 is 0. The van der Waals surface area contributed by atoms with Crippen molar-refractivity contribution in [2.45, 2.75) is 0 Å². The molecule has 0 aliphatic carbocycles. The van der Waals surface area contributed by atoms with Crippen molar-refractivity contribution in [3.8, 4) is 12.0 Å². The average molecular weight is 262 g/mol. The van der Waals surface area contributed by atoms with Crippen molar-refractivity contribution in [1.29, 1.82) is 0 Å². The fourth-order valence-electron chi connectivity index (χ4n) is 1.21. The lowest BCUT2D eigenvalue weighted by Crippen LogP contribution is -2.13. The van der Waals surface area contributed by atoms with Crippen LogP contribution in [0.1, 0.15) is 0 Å². The minimum atomic E-state index is 0.347. The monoisotopic (exact) mass is 262 g/mol. The molecule has 0 aliphatic heterocycles. The Labute approximate surface area is 110 Å². The molecule has 0 amide bonds. The van der Waals surface area contributed by atoms with Crippen molar-refractivity contribution in [1.82, 2.24) is 19.9 Å². The summed E-state index contributed by atoms with van der Waals surface area (Å²) < 4.78 is 15.8. The van der Waals surface area contributed by atoms with E-state index in [9.17, 15) is 0 Å². The molecule has 0 radical (unpaired) electrons. The molecular weight excluding hydrogens is 248 g/mol. The molecule has 0 atom stereocenters. The lowest BCUT2D eigenvalue weighted by molar-refractivity contribution is 0.0718. The number of nitrogens with zero attached hydrogens (tertiary/aromatic N) is 4. The number of ether oxygens (including phenoxy) is 3. The van der Waals surface area contributed by atoms with Gasteiger partial charge in [-0.05, 0) is 12.1 Å². The highest BCUT2D eigenvalue weighted by molar-refractivity contribution is 4.93. The highest BCUT2D eigenvalue weighted by Gasteiger charge is 1.96. The molecule has 2 aromatic heterocycles. The van der Waals surface area contributed by atoms with Gasteiger partial charge in [0.1, 0.15) is 13.2 Å². The zero-order valence-electron chi connectivity index (χ0n) is 10.3. The van der Waals surface area contributed by atoms with Gasteiger partial charge in [0, 0.05) is 24.8 Å². The fourth-order valence-corrected chi connectivity index (χ4v) is 1.21. The van der Waals surface area contributed by atoms with Crippen LogP contribution in [0, 0.1) is 0 Å². The molecule has 2 rings (SSSR count). The second-order valence-electron chi connectivity index (χ2n) is 3.37. The molecule has 2 heterocycles. The topological polar surface area (TPSA) is 79.2 Å².